The van der Waals surface area contributed by atoms with E-state index in [-0.39, 0.29) is 11.8 Å². The molecule has 0 aromatic heterocycles. The Labute approximate surface area is 154 Å². The smallest absolute Gasteiger partial charge is 0.254 e. The van der Waals surface area contributed by atoms with Gasteiger partial charge in [0.2, 0.25) is 5.91 Å². The van der Waals surface area contributed by atoms with Crippen molar-refractivity contribution in [3.63, 3.8) is 0 Å². The van der Waals surface area contributed by atoms with E-state index in [0.717, 1.165) is 22.4 Å². The Bertz CT molecular complexity index is 778. The predicted molar refractivity (Wildman–Crippen MR) is 103 cm³/mol. The van der Waals surface area contributed by atoms with Crippen molar-refractivity contribution in [2.24, 2.45) is 0 Å². The fraction of sp³-hybridized carbons (Fsp3) is 0.333. The van der Waals surface area contributed by atoms with Gasteiger partial charge >= 0.3 is 0 Å². The highest BCUT2D eigenvalue weighted by Gasteiger charge is 2.24. The quantitative estimate of drug-likeness (QED) is 0.921. The van der Waals surface area contributed by atoms with E-state index in [9.17, 15) is 9.59 Å². The minimum atomic E-state index is -0.0208. The molecular weight excluding hydrogens is 326 g/mol. The monoisotopic (exact) mass is 351 g/mol. The molecule has 136 valence electrons. The molecule has 0 atom stereocenters. The van der Waals surface area contributed by atoms with Crippen LogP contribution < -0.4 is 5.32 Å². The van der Waals surface area contributed by atoms with Crippen molar-refractivity contribution >= 4 is 17.5 Å². The van der Waals surface area contributed by atoms with Gasteiger partial charge in [0, 0.05) is 37.4 Å². The first-order chi connectivity index (χ1) is 12.5. The predicted octanol–water partition coefficient (Wildman–Crippen LogP) is 2.70. The summed E-state index contributed by atoms with van der Waals surface area (Å²) in [5, 5.41) is 2.92. The van der Waals surface area contributed by atoms with E-state index in [1.807, 2.05) is 67.3 Å². The molecule has 2 aromatic carbocycles. The van der Waals surface area contributed by atoms with Gasteiger partial charge in [0.1, 0.15) is 0 Å². The van der Waals surface area contributed by atoms with Crippen LogP contribution in [0.2, 0.25) is 0 Å². The number of rotatable bonds is 4. The molecule has 0 radical (unpaired) electrons. The van der Waals surface area contributed by atoms with Crippen LogP contribution in [0.5, 0.6) is 0 Å². The highest BCUT2D eigenvalue weighted by atomic mass is 16.2. The maximum Gasteiger partial charge on any atom is 0.254 e. The molecular formula is C21H25N3O2. The lowest BCUT2D eigenvalue weighted by Gasteiger charge is -2.34. The molecule has 1 aliphatic rings. The van der Waals surface area contributed by atoms with Crippen molar-refractivity contribution < 1.29 is 9.59 Å². The summed E-state index contributed by atoms with van der Waals surface area (Å²) >= 11 is 0. The summed E-state index contributed by atoms with van der Waals surface area (Å²) in [6.07, 6.45) is 0. The van der Waals surface area contributed by atoms with Crippen LogP contribution in [0.25, 0.3) is 0 Å². The zero-order chi connectivity index (χ0) is 18.5. The number of aryl methyl sites for hydroxylation is 2. The molecule has 1 fully saturated rings. The van der Waals surface area contributed by atoms with Gasteiger partial charge in [-0.15, -0.1) is 0 Å². The number of nitrogens with zero attached hydrogens (tertiary/aromatic N) is 2. The second-order valence-electron chi connectivity index (χ2n) is 6.80. The number of amides is 2. The van der Waals surface area contributed by atoms with Crippen molar-refractivity contribution in [2.45, 2.75) is 13.8 Å². The van der Waals surface area contributed by atoms with E-state index < -0.39 is 0 Å². The van der Waals surface area contributed by atoms with Gasteiger partial charge in [0.05, 0.1) is 6.54 Å². The zero-order valence-electron chi connectivity index (χ0n) is 15.4. The van der Waals surface area contributed by atoms with Crippen molar-refractivity contribution in [3.8, 4) is 0 Å². The first-order valence-electron chi connectivity index (χ1n) is 8.97. The molecule has 1 aliphatic heterocycles. The van der Waals surface area contributed by atoms with Crippen molar-refractivity contribution in [2.75, 3.05) is 38.0 Å². The van der Waals surface area contributed by atoms with E-state index in [0.29, 0.717) is 32.7 Å². The lowest BCUT2D eigenvalue weighted by Crippen LogP contribution is -2.50. The number of nitrogens with one attached hydrogen (secondary N) is 1. The fourth-order valence-electron chi connectivity index (χ4n) is 3.13. The van der Waals surface area contributed by atoms with Gasteiger partial charge in [0.25, 0.3) is 5.91 Å². The molecule has 1 heterocycles. The first kappa shape index (κ1) is 18.1. The molecule has 26 heavy (non-hydrogen) atoms. The third kappa shape index (κ3) is 4.49. The van der Waals surface area contributed by atoms with Crippen LogP contribution in [-0.2, 0) is 4.79 Å². The van der Waals surface area contributed by atoms with Crippen LogP contribution >= 0.6 is 0 Å². The van der Waals surface area contributed by atoms with Crippen LogP contribution in [0, 0.1) is 13.8 Å². The summed E-state index contributed by atoms with van der Waals surface area (Å²) in [4.78, 5) is 28.8. The number of hydrogen-bond donors (Lipinski definition) is 1. The normalized spacial score (nSPS) is 14.9. The van der Waals surface area contributed by atoms with E-state index in [4.69, 9.17) is 0 Å². The molecule has 0 unspecified atom stereocenters. The van der Waals surface area contributed by atoms with E-state index >= 15 is 0 Å². The lowest BCUT2D eigenvalue weighted by atomic mass is 10.1. The van der Waals surface area contributed by atoms with Crippen molar-refractivity contribution in [1.29, 1.82) is 0 Å². The van der Waals surface area contributed by atoms with Gasteiger partial charge in [-0.05, 0) is 37.6 Å². The van der Waals surface area contributed by atoms with Gasteiger partial charge < -0.3 is 10.2 Å². The molecule has 1 saturated heterocycles. The van der Waals surface area contributed by atoms with Crippen LogP contribution in [0.1, 0.15) is 21.5 Å². The van der Waals surface area contributed by atoms with E-state index in [2.05, 4.69) is 10.2 Å². The summed E-state index contributed by atoms with van der Waals surface area (Å²) in [7, 11) is 0. The number of carbonyl (C=O) groups excluding carboxylic acids is 2. The molecule has 2 aromatic rings. The second-order valence-corrected chi connectivity index (χ2v) is 6.80. The molecule has 0 spiro atoms. The third-order valence-electron chi connectivity index (χ3n) is 4.74. The summed E-state index contributed by atoms with van der Waals surface area (Å²) in [6.45, 7) is 7.02. The van der Waals surface area contributed by atoms with Gasteiger partial charge in [0.15, 0.2) is 0 Å². The Morgan fingerprint density at radius 3 is 2.23 bits per heavy atom. The van der Waals surface area contributed by atoms with Crippen LogP contribution in [0.4, 0.5) is 5.69 Å². The van der Waals surface area contributed by atoms with Gasteiger partial charge in [-0.1, -0.05) is 35.9 Å². The Balaban J connectivity index is 1.49. The Hall–Kier alpha value is -2.66. The molecule has 1 N–H and O–H groups in total. The van der Waals surface area contributed by atoms with Crippen molar-refractivity contribution in [1.82, 2.24) is 9.80 Å². The molecule has 2 amide bonds. The highest BCUT2D eigenvalue weighted by molar-refractivity contribution is 5.95. The van der Waals surface area contributed by atoms with E-state index in [1.54, 1.807) is 0 Å². The maximum absolute atomic E-state index is 12.6. The van der Waals surface area contributed by atoms with Crippen molar-refractivity contribution in [3.05, 3.63) is 65.2 Å². The Morgan fingerprint density at radius 1 is 0.923 bits per heavy atom. The number of anilines is 1. The molecule has 0 bridgehead atoms. The maximum atomic E-state index is 12.6. The van der Waals surface area contributed by atoms with Crippen LogP contribution in [0.15, 0.2) is 48.5 Å². The fourth-order valence-corrected chi connectivity index (χ4v) is 3.13. The first-order valence-corrected chi connectivity index (χ1v) is 8.97. The van der Waals surface area contributed by atoms with Crippen LogP contribution in [-0.4, -0.2) is 54.3 Å². The molecule has 5 nitrogen and oxygen atoms in total. The Kier molecular flexibility index (Phi) is 5.68. The molecule has 5 heteroatoms. The minimum absolute atomic E-state index is 0.0208. The molecule has 0 aliphatic carbocycles. The Morgan fingerprint density at radius 2 is 1.58 bits per heavy atom. The summed E-state index contributed by atoms with van der Waals surface area (Å²) in [5.74, 6) is 0.0550. The molecule has 0 saturated carbocycles. The van der Waals surface area contributed by atoms with Gasteiger partial charge in [-0.2, -0.15) is 0 Å². The second kappa shape index (κ2) is 8.15. The number of piperazine rings is 1. The zero-order valence-corrected chi connectivity index (χ0v) is 15.4. The largest absolute Gasteiger partial charge is 0.336 e. The lowest BCUT2D eigenvalue weighted by molar-refractivity contribution is -0.117. The summed E-state index contributed by atoms with van der Waals surface area (Å²) < 4.78 is 0. The average Bonchev–Trinajstić information content (AvgIpc) is 2.64. The summed E-state index contributed by atoms with van der Waals surface area (Å²) in [6, 6.07) is 15.4. The number of hydrogen-bond acceptors (Lipinski definition) is 3. The third-order valence-corrected chi connectivity index (χ3v) is 4.74. The topological polar surface area (TPSA) is 52.7 Å². The van der Waals surface area contributed by atoms with Gasteiger partial charge in [-0.3, -0.25) is 14.5 Å². The number of carbonyl (C=O) groups is 2. The molecule has 3 rings (SSSR count). The average molecular weight is 351 g/mol. The minimum Gasteiger partial charge on any atom is -0.336 e. The van der Waals surface area contributed by atoms with Gasteiger partial charge in [-0.25, -0.2) is 0 Å². The van der Waals surface area contributed by atoms with E-state index in [1.165, 1.54) is 0 Å². The summed E-state index contributed by atoms with van der Waals surface area (Å²) in [5.41, 5.74) is 3.74. The standard InChI is InChI=1S/C21H25N3O2/c1-16-7-9-18(10-8-16)22-20(25)15-23-11-13-24(14-12-23)21(26)19-6-4-3-5-17(19)2/h3-10H,11-15H2,1-2H3,(H,22,25). The van der Waals surface area contributed by atoms with Crippen LogP contribution in [0.3, 0.4) is 0 Å². The highest BCUT2D eigenvalue weighted by Crippen LogP contribution is 2.13. The number of benzene rings is 2. The SMILES string of the molecule is Cc1ccc(NC(=O)CN2CCN(C(=O)c3ccccc3C)CC2)cc1.